The number of anilines is 1. The van der Waals surface area contributed by atoms with Crippen LogP contribution in [0.4, 0.5) is 23.5 Å². The van der Waals surface area contributed by atoms with Crippen LogP contribution in [0.2, 0.25) is 0 Å². The maximum absolute atomic E-state index is 13.1. The Bertz CT molecular complexity index is 574. The molecule has 1 aromatic carbocycles. The molecule has 1 N–H and O–H groups in total. The number of H-pyrrole nitrogens is 1. The van der Waals surface area contributed by atoms with E-state index in [0.717, 1.165) is 12.1 Å². The van der Waals surface area contributed by atoms with Gasteiger partial charge in [0.25, 0.3) is 5.92 Å². The monoisotopic (exact) mass is 273 g/mol. The summed E-state index contributed by atoms with van der Waals surface area (Å²) >= 11 is 0. The minimum absolute atomic E-state index is 0.164. The van der Waals surface area contributed by atoms with Crippen molar-refractivity contribution in [2.75, 3.05) is 18.0 Å². The highest BCUT2D eigenvalue weighted by atomic mass is 19.3. The molecule has 3 rings (SSSR count). The first-order valence-corrected chi connectivity index (χ1v) is 5.92. The Kier molecular flexibility index (Phi) is 2.65. The molecule has 0 amide bonds. The Hall–Kier alpha value is -1.79. The smallest absolute Gasteiger partial charge is 0.251 e. The summed E-state index contributed by atoms with van der Waals surface area (Å²) in [5.41, 5.74) is 0.637. The molecule has 0 atom stereocenters. The topological polar surface area (TPSA) is 31.9 Å². The van der Waals surface area contributed by atoms with E-state index in [1.165, 1.54) is 0 Å². The number of nitrogens with one attached hydrogen (secondary N) is 1. The van der Waals surface area contributed by atoms with Crippen LogP contribution in [-0.2, 0) is 0 Å². The molecular weight excluding hydrogens is 262 g/mol. The molecule has 1 aliphatic rings. The van der Waals surface area contributed by atoms with E-state index >= 15 is 0 Å². The number of rotatable bonds is 1. The van der Waals surface area contributed by atoms with Crippen LogP contribution >= 0.6 is 0 Å². The normalized spacial score (nSPS) is 19.1. The van der Waals surface area contributed by atoms with Crippen LogP contribution in [0, 0.1) is 11.6 Å². The van der Waals surface area contributed by atoms with E-state index in [1.54, 1.807) is 4.90 Å². The summed E-state index contributed by atoms with van der Waals surface area (Å²) in [6.07, 6.45) is -0.487. The quantitative estimate of drug-likeness (QED) is 0.810. The minimum Gasteiger partial charge on any atom is -0.342 e. The molecule has 0 unspecified atom stereocenters. The SMILES string of the molecule is Fc1cc2nc(N3CCC(F)(F)CC3)[nH]c2cc1F. The number of imidazole rings is 1. The number of benzene rings is 1. The van der Waals surface area contributed by atoms with Crippen molar-refractivity contribution in [3.63, 3.8) is 0 Å². The van der Waals surface area contributed by atoms with Gasteiger partial charge in [-0.15, -0.1) is 0 Å². The Morgan fingerprint density at radius 2 is 1.74 bits per heavy atom. The van der Waals surface area contributed by atoms with Crippen molar-refractivity contribution in [1.82, 2.24) is 9.97 Å². The molecule has 0 aliphatic carbocycles. The second-order valence-corrected chi connectivity index (χ2v) is 4.69. The predicted octanol–water partition coefficient (Wildman–Crippen LogP) is 3.08. The molecule has 0 saturated carbocycles. The third-order valence-corrected chi connectivity index (χ3v) is 3.31. The standard InChI is InChI=1S/C12H11F4N3/c13-7-5-9-10(6-8(7)14)18-11(17-9)19-3-1-12(15,16)2-4-19/h5-6H,1-4H2,(H,17,18). The third-order valence-electron chi connectivity index (χ3n) is 3.31. The number of alkyl halides is 2. The molecule has 1 saturated heterocycles. The Balaban J connectivity index is 1.90. The van der Waals surface area contributed by atoms with Crippen molar-refractivity contribution in [3.05, 3.63) is 23.8 Å². The van der Waals surface area contributed by atoms with E-state index in [2.05, 4.69) is 9.97 Å². The van der Waals surface area contributed by atoms with Crippen molar-refractivity contribution in [2.45, 2.75) is 18.8 Å². The molecule has 0 bridgehead atoms. The summed E-state index contributed by atoms with van der Waals surface area (Å²) in [7, 11) is 0. The van der Waals surface area contributed by atoms with Gasteiger partial charge in [-0.2, -0.15) is 0 Å². The van der Waals surface area contributed by atoms with Gasteiger partial charge in [0.1, 0.15) is 0 Å². The number of aromatic nitrogens is 2. The molecule has 102 valence electrons. The van der Waals surface area contributed by atoms with E-state index in [1.807, 2.05) is 0 Å². The zero-order chi connectivity index (χ0) is 13.6. The molecule has 7 heteroatoms. The lowest BCUT2D eigenvalue weighted by molar-refractivity contribution is -0.0222. The molecule has 1 aromatic heterocycles. The molecule has 1 fully saturated rings. The fraction of sp³-hybridized carbons (Fsp3) is 0.417. The first kappa shape index (κ1) is 12.3. The second kappa shape index (κ2) is 4.11. The van der Waals surface area contributed by atoms with E-state index in [9.17, 15) is 17.6 Å². The third kappa shape index (κ3) is 2.24. The van der Waals surface area contributed by atoms with Crippen molar-refractivity contribution >= 4 is 17.0 Å². The van der Waals surface area contributed by atoms with Crippen LogP contribution in [-0.4, -0.2) is 29.0 Å². The Labute approximate surface area is 106 Å². The lowest BCUT2D eigenvalue weighted by Crippen LogP contribution is -2.39. The number of nitrogens with zero attached hydrogens (tertiary/aromatic N) is 2. The molecule has 19 heavy (non-hydrogen) atoms. The van der Waals surface area contributed by atoms with Crippen LogP contribution < -0.4 is 4.90 Å². The summed E-state index contributed by atoms with van der Waals surface area (Å²) in [5, 5.41) is 0. The summed E-state index contributed by atoms with van der Waals surface area (Å²) in [5.74, 6) is -4.21. The molecule has 2 aromatic rings. The minimum atomic E-state index is -2.64. The largest absolute Gasteiger partial charge is 0.342 e. The summed E-state index contributed by atoms with van der Waals surface area (Å²) < 4.78 is 52.2. The van der Waals surface area contributed by atoms with Crippen molar-refractivity contribution < 1.29 is 17.6 Å². The fourth-order valence-corrected chi connectivity index (χ4v) is 2.19. The van der Waals surface area contributed by atoms with E-state index in [4.69, 9.17) is 0 Å². The number of piperidine rings is 1. The van der Waals surface area contributed by atoms with E-state index in [0.29, 0.717) is 11.5 Å². The molecule has 3 nitrogen and oxygen atoms in total. The van der Waals surface area contributed by atoms with E-state index in [-0.39, 0.29) is 31.4 Å². The Morgan fingerprint density at radius 1 is 1.11 bits per heavy atom. The Morgan fingerprint density at radius 3 is 2.42 bits per heavy atom. The van der Waals surface area contributed by atoms with Crippen molar-refractivity contribution in [1.29, 1.82) is 0 Å². The van der Waals surface area contributed by atoms with Crippen LogP contribution in [0.25, 0.3) is 11.0 Å². The van der Waals surface area contributed by atoms with Gasteiger partial charge in [0.15, 0.2) is 11.6 Å². The van der Waals surface area contributed by atoms with Crippen LogP contribution in [0.1, 0.15) is 12.8 Å². The first-order chi connectivity index (χ1) is 8.94. The van der Waals surface area contributed by atoms with Gasteiger partial charge in [-0.05, 0) is 0 Å². The van der Waals surface area contributed by atoms with Gasteiger partial charge < -0.3 is 9.88 Å². The maximum atomic E-state index is 13.1. The molecular formula is C12H11F4N3. The summed E-state index contributed by atoms with van der Waals surface area (Å²) in [6.45, 7) is 0.329. The predicted molar refractivity (Wildman–Crippen MR) is 62.4 cm³/mol. The fourth-order valence-electron chi connectivity index (χ4n) is 2.19. The van der Waals surface area contributed by atoms with Crippen LogP contribution in [0.15, 0.2) is 12.1 Å². The highest BCUT2D eigenvalue weighted by Gasteiger charge is 2.34. The summed E-state index contributed by atoms with van der Waals surface area (Å²) in [4.78, 5) is 8.59. The number of halogens is 4. The van der Waals surface area contributed by atoms with Gasteiger partial charge in [-0.25, -0.2) is 22.5 Å². The van der Waals surface area contributed by atoms with Crippen molar-refractivity contribution in [2.24, 2.45) is 0 Å². The highest BCUT2D eigenvalue weighted by molar-refractivity contribution is 5.77. The molecule has 1 aliphatic heterocycles. The van der Waals surface area contributed by atoms with Gasteiger partial charge >= 0.3 is 0 Å². The maximum Gasteiger partial charge on any atom is 0.251 e. The van der Waals surface area contributed by atoms with E-state index < -0.39 is 17.6 Å². The van der Waals surface area contributed by atoms with Crippen molar-refractivity contribution in [3.8, 4) is 0 Å². The molecule has 0 radical (unpaired) electrons. The van der Waals surface area contributed by atoms with Gasteiger partial charge in [0, 0.05) is 38.1 Å². The zero-order valence-corrected chi connectivity index (χ0v) is 9.89. The molecule has 0 spiro atoms. The number of hydrogen-bond donors (Lipinski definition) is 1. The van der Waals surface area contributed by atoms with Gasteiger partial charge in [-0.3, -0.25) is 0 Å². The average Bonchev–Trinajstić information content (AvgIpc) is 2.72. The van der Waals surface area contributed by atoms with Crippen LogP contribution in [0.3, 0.4) is 0 Å². The lowest BCUT2D eigenvalue weighted by Gasteiger charge is -2.31. The van der Waals surface area contributed by atoms with Gasteiger partial charge in [0.05, 0.1) is 11.0 Å². The molecule has 2 heterocycles. The van der Waals surface area contributed by atoms with Gasteiger partial charge in [0.2, 0.25) is 5.95 Å². The number of fused-ring (bicyclic) bond motifs is 1. The number of aromatic amines is 1. The van der Waals surface area contributed by atoms with Crippen LogP contribution in [0.5, 0.6) is 0 Å². The van der Waals surface area contributed by atoms with Gasteiger partial charge in [-0.1, -0.05) is 0 Å². The zero-order valence-electron chi connectivity index (χ0n) is 9.89. The summed E-state index contributed by atoms with van der Waals surface area (Å²) in [6, 6.07) is 2.00. The first-order valence-electron chi connectivity index (χ1n) is 5.92. The highest BCUT2D eigenvalue weighted by Crippen LogP contribution is 2.30. The second-order valence-electron chi connectivity index (χ2n) is 4.69. The number of hydrogen-bond acceptors (Lipinski definition) is 2. The average molecular weight is 273 g/mol. The lowest BCUT2D eigenvalue weighted by atomic mass is 10.1.